The maximum absolute atomic E-state index is 9.65. The number of anilines is 1. The third-order valence-corrected chi connectivity index (χ3v) is 7.71. The minimum absolute atomic E-state index is 0.281. The number of nitrogens with zero attached hydrogens (tertiary/aromatic N) is 4. The van der Waals surface area contributed by atoms with Gasteiger partial charge in [-0.05, 0) is 42.9 Å². The van der Waals surface area contributed by atoms with Gasteiger partial charge in [0.15, 0.2) is 0 Å². The summed E-state index contributed by atoms with van der Waals surface area (Å²) in [6.45, 7) is 1.72. The lowest BCUT2D eigenvalue weighted by Gasteiger charge is -2.30. The molecule has 2 aromatic heterocycles. The van der Waals surface area contributed by atoms with Gasteiger partial charge in [-0.3, -0.25) is 0 Å². The van der Waals surface area contributed by atoms with Crippen LogP contribution in [0.25, 0.3) is 10.2 Å². The number of fused-ring (bicyclic) bond motifs is 1. The van der Waals surface area contributed by atoms with E-state index in [4.69, 9.17) is 9.40 Å². The van der Waals surface area contributed by atoms with Gasteiger partial charge in [-0.1, -0.05) is 42.5 Å². The van der Waals surface area contributed by atoms with E-state index in [1.54, 1.807) is 11.3 Å². The molecule has 4 aromatic rings. The Morgan fingerprint density at radius 1 is 0.968 bits per heavy atom. The number of oxazole rings is 1. The van der Waals surface area contributed by atoms with E-state index in [1.165, 1.54) is 15.3 Å². The number of thiazole rings is 1. The highest BCUT2D eigenvalue weighted by atomic mass is 32.1. The first-order chi connectivity index (χ1) is 15.3. The molecule has 2 aromatic carbocycles. The van der Waals surface area contributed by atoms with Crippen molar-refractivity contribution in [2.75, 3.05) is 18.0 Å². The number of benzene rings is 2. The molecule has 0 N–H and O–H groups in total. The third-order valence-electron chi connectivity index (χ3n) is 6.51. The van der Waals surface area contributed by atoms with Crippen LogP contribution in [0, 0.1) is 11.3 Å². The molecule has 1 aliphatic heterocycles. The summed E-state index contributed by atoms with van der Waals surface area (Å²) in [5.41, 5.74) is 2.84. The molecular weight excluding hydrogens is 404 g/mol. The maximum atomic E-state index is 9.65. The Hall–Kier alpha value is -3.17. The smallest absolute Gasteiger partial charge is 0.234 e. The number of hydrogen-bond acceptors (Lipinski definition) is 6. The fraction of sp³-hybridized carbons (Fsp3) is 0.320. The second-order valence-electron chi connectivity index (χ2n) is 8.46. The summed E-state index contributed by atoms with van der Waals surface area (Å²) in [6.07, 6.45) is 3.06. The van der Waals surface area contributed by atoms with Crippen LogP contribution in [0.1, 0.15) is 59.2 Å². The predicted molar refractivity (Wildman–Crippen MR) is 122 cm³/mol. The lowest BCUT2D eigenvalue weighted by Crippen LogP contribution is -2.33. The Morgan fingerprint density at radius 3 is 2.52 bits per heavy atom. The molecule has 154 valence electrons. The van der Waals surface area contributed by atoms with Gasteiger partial charge in [-0.2, -0.15) is 5.26 Å². The van der Waals surface area contributed by atoms with E-state index in [-0.39, 0.29) is 5.92 Å². The molecule has 0 amide bonds. The van der Waals surface area contributed by atoms with Gasteiger partial charge in [0.25, 0.3) is 0 Å². The fourth-order valence-electron chi connectivity index (χ4n) is 4.70. The average Bonchev–Trinajstić information content (AvgIpc) is 3.32. The van der Waals surface area contributed by atoms with Gasteiger partial charge < -0.3 is 9.32 Å². The molecule has 31 heavy (non-hydrogen) atoms. The van der Waals surface area contributed by atoms with Crippen molar-refractivity contribution in [2.45, 2.75) is 37.0 Å². The maximum Gasteiger partial charge on any atom is 0.234 e. The van der Waals surface area contributed by atoms with Crippen LogP contribution >= 0.6 is 11.3 Å². The van der Waals surface area contributed by atoms with Crippen LogP contribution in [0.4, 0.5) is 5.88 Å². The molecule has 0 spiro atoms. The van der Waals surface area contributed by atoms with Crippen molar-refractivity contribution in [3.8, 4) is 6.07 Å². The van der Waals surface area contributed by atoms with E-state index in [2.05, 4.69) is 58.4 Å². The molecule has 2 aliphatic rings. The Kier molecular flexibility index (Phi) is 4.50. The van der Waals surface area contributed by atoms with E-state index in [9.17, 15) is 5.26 Å². The molecule has 1 saturated heterocycles. The molecule has 5 nitrogen and oxygen atoms in total. The van der Waals surface area contributed by atoms with Gasteiger partial charge >= 0.3 is 0 Å². The molecule has 6 heteroatoms. The first-order valence-electron chi connectivity index (χ1n) is 10.9. The van der Waals surface area contributed by atoms with E-state index in [0.29, 0.717) is 29.3 Å². The summed E-state index contributed by atoms with van der Waals surface area (Å²) in [6, 6.07) is 21.1. The Bertz CT molecular complexity index is 1230. The number of para-hydroxylation sites is 1. The van der Waals surface area contributed by atoms with Crippen LogP contribution in [0.2, 0.25) is 0 Å². The van der Waals surface area contributed by atoms with Crippen molar-refractivity contribution in [1.29, 1.82) is 5.26 Å². The summed E-state index contributed by atoms with van der Waals surface area (Å²) in [7, 11) is 0. The van der Waals surface area contributed by atoms with Crippen molar-refractivity contribution in [3.63, 3.8) is 0 Å². The van der Waals surface area contributed by atoms with Crippen molar-refractivity contribution < 1.29 is 4.42 Å². The van der Waals surface area contributed by atoms with Crippen LogP contribution < -0.4 is 4.90 Å². The van der Waals surface area contributed by atoms with Crippen molar-refractivity contribution in [2.24, 2.45) is 0 Å². The van der Waals surface area contributed by atoms with Gasteiger partial charge in [-0.25, -0.2) is 9.97 Å². The van der Waals surface area contributed by atoms with Crippen molar-refractivity contribution >= 4 is 27.4 Å². The van der Waals surface area contributed by atoms with Crippen molar-refractivity contribution in [3.05, 3.63) is 76.8 Å². The topological polar surface area (TPSA) is 66.0 Å². The molecule has 0 bridgehead atoms. The number of rotatable bonds is 4. The van der Waals surface area contributed by atoms with Crippen LogP contribution in [0.3, 0.4) is 0 Å². The normalized spacial score (nSPS) is 21.3. The average molecular weight is 427 g/mol. The summed E-state index contributed by atoms with van der Waals surface area (Å²) >= 11 is 1.81. The summed E-state index contributed by atoms with van der Waals surface area (Å²) in [5, 5.41) is 10.9. The Balaban J connectivity index is 1.17. The molecule has 0 unspecified atom stereocenters. The van der Waals surface area contributed by atoms with Gasteiger partial charge in [0, 0.05) is 24.9 Å². The quantitative estimate of drug-likeness (QED) is 0.412. The molecule has 0 radical (unpaired) electrons. The number of hydrogen-bond donors (Lipinski definition) is 0. The minimum Gasteiger partial charge on any atom is -0.423 e. The molecular formula is C25H22N4OS. The monoisotopic (exact) mass is 426 g/mol. The number of nitriles is 1. The Labute approximate surface area is 185 Å². The lowest BCUT2D eigenvalue weighted by atomic mass is 9.97. The SMILES string of the molecule is N#Cc1nc([C@@H]2C[C@H]2c2ccccc2)oc1N1CCC(c2nc3ccccc3s2)CC1. The van der Waals surface area contributed by atoms with Crippen LogP contribution in [0.5, 0.6) is 0 Å². The molecule has 1 saturated carbocycles. The first kappa shape index (κ1) is 18.6. The molecule has 2 atom stereocenters. The lowest BCUT2D eigenvalue weighted by molar-refractivity contribution is 0.443. The van der Waals surface area contributed by atoms with Gasteiger partial charge in [0.1, 0.15) is 6.07 Å². The van der Waals surface area contributed by atoms with Crippen LogP contribution in [-0.2, 0) is 0 Å². The molecule has 2 fully saturated rings. The Morgan fingerprint density at radius 2 is 1.74 bits per heavy atom. The van der Waals surface area contributed by atoms with E-state index >= 15 is 0 Å². The van der Waals surface area contributed by atoms with Gasteiger partial charge in [0.05, 0.1) is 15.2 Å². The third kappa shape index (κ3) is 3.39. The summed E-state index contributed by atoms with van der Waals surface area (Å²) in [4.78, 5) is 11.6. The summed E-state index contributed by atoms with van der Waals surface area (Å²) in [5.74, 6) is 2.56. The highest BCUT2D eigenvalue weighted by Crippen LogP contribution is 2.55. The standard InChI is InChI=1S/C25H22N4OS/c26-15-21-25(30-23(27-21)19-14-18(19)16-6-2-1-3-7-16)29-12-10-17(11-13-29)24-28-20-8-4-5-9-22(20)31-24/h1-9,17-19H,10-14H2/t18-,19+/m0/s1. The second-order valence-corrected chi connectivity index (χ2v) is 9.52. The zero-order valence-corrected chi connectivity index (χ0v) is 17.9. The van der Waals surface area contributed by atoms with Crippen LogP contribution in [0.15, 0.2) is 59.0 Å². The molecule has 6 rings (SSSR count). The fourth-order valence-corrected chi connectivity index (χ4v) is 5.84. The number of piperidine rings is 1. The van der Waals surface area contributed by atoms with Gasteiger partial charge in [-0.15, -0.1) is 11.3 Å². The van der Waals surface area contributed by atoms with Crippen LogP contribution in [-0.4, -0.2) is 23.1 Å². The van der Waals surface area contributed by atoms with Gasteiger partial charge in [0.2, 0.25) is 17.5 Å². The first-order valence-corrected chi connectivity index (χ1v) is 11.7. The van der Waals surface area contributed by atoms with E-state index < -0.39 is 0 Å². The predicted octanol–water partition coefficient (Wildman–Crippen LogP) is 5.81. The zero-order valence-electron chi connectivity index (χ0n) is 17.1. The largest absolute Gasteiger partial charge is 0.423 e. The van der Waals surface area contributed by atoms with E-state index in [1.807, 2.05) is 12.1 Å². The molecule has 1 aliphatic carbocycles. The highest BCUT2D eigenvalue weighted by Gasteiger charge is 2.44. The second kappa shape index (κ2) is 7.51. The van der Waals surface area contributed by atoms with Crippen molar-refractivity contribution in [1.82, 2.24) is 9.97 Å². The minimum atomic E-state index is 0.281. The summed E-state index contributed by atoms with van der Waals surface area (Å²) < 4.78 is 7.44. The zero-order chi connectivity index (χ0) is 20.8. The van der Waals surface area contributed by atoms with E-state index in [0.717, 1.165) is 37.9 Å². The highest BCUT2D eigenvalue weighted by molar-refractivity contribution is 7.18. The molecule has 3 heterocycles. The number of aromatic nitrogens is 2.